The van der Waals surface area contributed by atoms with Gasteiger partial charge in [0.05, 0.1) is 19.1 Å². The van der Waals surface area contributed by atoms with Crippen molar-refractivity contribution < 1.29 is 24.2 Å². The molecule has 2 unspecified atom stereocenters. The molecule has 2 bridgehead atoms. The molecular weight excluding hydrogens is 392 g/mol. The summed E-state index contributed by atoms with van der Waals surface area (Å²) >= 11 is 0. The SMILES string of the molecule is C=C1[C@@]2(C)CC3[C@]4(C)CC[C@@H](O)C(C)(C)C4CC[C@]3(C)[C@]1(C(=O)OC)C(=O)[C@H](C)C2=O. The van der Waals surface area contributed by atoms with Crippen molar-refractivity contribution in [3.8, 4) is 0 Å². The van der Waals surface area contributed by atoms with E-state index in [0.717, 1.165) is 12.8 Å². The highest BCUT2D eigenvalue weighted by Gasteiger charge is 2.78. The molecule has 0 spiro atoms. The number of hydrogen-bond donors (Lipinski definition) is 1. The van der Waals surface area contributed by atoms with Crippen LogP contribution in [0.2, 0.25) is 0 Å². The summed E-state index contributed by atoms with van der Waals surface area (Å²) in [5, 5.41) is 10.8. The zero-order valence-electron chi connectivity index (χ0n) is 20.1. The molecule has 5 nitrogen and oxygen atoms in total. The van der Waals surface area contributed by atoms with Gasteiger partial charge in [-0.3, -0.25) is 14.4 Å². The van der Waals surface area contributed by atoms with E-state index in [9.17, 15) is 19.5 Å². The topological polar surface area (TPSA) is 80.7 Å². The molecule has 4 rings (SSSR count). The minimum Gasteiger partial charge on any atom is -0.468 e. The fourth-order valence-corrected chi connectivity index (χ4v) is 8.95. The molecule has 31 heavy (non-hydrogen) atoms. The number of fused-ring (bicyclic) bond motifs is 6. The van der Waals surface area contributed by atoms with Gasteiger partial charge in [-0.1, -0.05) is 34.3 Å². The summed E-state index contributed by atoms with van der Waals surface area (Å²) in [7, 11) is 1.33. The van der Waals surface area contributed by atoms with Gasteiger partial charge in [-0.2, -0.15) is 0 Å². The van der Waals surface area contributed by atoms with Gasteiger partial charge in [0.1, 0.15) is 0 Å². The van der Waals surface area contributed by atoms with Crippen molar-refractivity contribution in [1.82, 2.24) is 0 Å². The summed E-state index contributed by atoms with van der Waals surface area (Å²) in [5.41, 5.74) is -3.13. The Morgan fingerprint density at radius 1 is 1.03 bits per heavy atom. The average Bonchev–Trinajstić information content (AvgIpc) is 2.71. The summed E-state index contributed by atoms with van der Waals surface area (Å²) in [6.45, 7) is 16.4. The highest BCUT2D eigenvalue weighted by atomic mass is 16.5. The van der Waals surface area contributed by atoms with E-state index in [4.69, 9.17) is 4.74 Å². The number of methoxy groups -OCH3 is 1. The molecule has 4 aliphatic carbocycles. The number of hydrogen-bond acceptors (Lipinski definition) is 5. The molecule has 4 saturated carbocycles. The van der Waals surface area contributed by atoms with Crippen LogP contribution in [0.5, 0.6) is 0 Å². The van der Waals surface area contributed by atoms with Crippen LogP contribution in [-0.2, 0) is 19.1 Å². The first-order valence-corrected chi connectivity index (χ1v) is 11.7. The highest BCUT2D eigenvalue weighted by molar-refractivity contribution is 6.21. The van der Waals surface area contributed by atoms with E-state index in [1.54, 1.807) is 6.92 Å². The van der Waals surface area contributed by atoms with Crippen LogP contribution in [0, 0.1) is 44.8 Å². The quantitative estimate of drug-likeness (QED) is 0.384. The molecule has 4 fully saturated rings. The monoisotopic (exact) mass is 430 g/mol. The maximum absolute atomic E-state index is 13.9. The van der Waals surface area contributed by atoms with Gasteiger partial charge in [0, 0.05) is 5.41 Å². The van der Waals surface area contributed by atoms with Crippen molar-refractivity contribution in [2.45, 2.75) is 79.8 Å². The minimum atomic E-state index is -1.50. The van der Waals surface area contributed by atoms with Gasteiger partial charge >= 0.3 is 5.97 Å². The predicted molar refractivity (Wildman–Crippen MR) is 117 cm³/mol. The van der Waals surface area contributed by atoms with E-state index in [0.29, 0.717) is 24.8 Å². The van der Waals surface area contributed by atoms with Crippen molar-refractivity contribution in [3.63, 3.8) is 0 Å². The maximum Gasteiger partial charge on any atom is 0.324 e. The number of carbonyl (C=O) groups excluding carboxylic acids is 3. The number of ketones is 2. The van der Waals surface area contributed by atoms with Crippen LogP contribution in [0.3, 0.4) is 0 Å². The number of rotatable bonds is 1. The van der Waals surface area contributed by atoms with Gasteiger partial charge in [0.25, 0.3) is 0 Å². The van der Waals surface area contributed by atoms with Crippen LogP contribution < -0.4 is 0 Å². The highest BCUT2D eigenvalue weighted by Crippen LogP contribution is 2.76. The fourth-order valence-electron chi connectivity index (χ4n) is 8.95. The van der Waals surface area contributed by atoms with Crippen molar-refractivity contribution >= 4 is 17.5 Å². The molecule has 172 valence electrons. The standard InChI is InChI=1S/C26H38O5/c1-14-19(28)24(6)13-17-23(5)11-10-18(27)22(3,4)16(23)9-12-25(17,7)26(15(24)2,20(14)29)21(30)31-8/h14,16-18,27H,2,9-13H2,1,3-8H3/t14-,16?,17?,18-,23-,24-,25+,26+/m1/s1. The van der Waals surface area contributed by atoms with Crippen molar-refractivity contribution in [2.75, 3.05) is 7.11 Å². The van der Waals surface area contributed by atoms with Gasteiger partial charge in [0.2, 0.25) is 0 Å². The molecule has 0 radical (unpaired) electrons. The number of ether oxygens (including phenoxy) is 1. The lowest BCUT2D eigenvalue weighted by Crippen LogP contribution is -2.73. The Morgan fingerprint density at radius 3 is 2.23 bits per heavy atom. The lowest BCUT2D eigenvalue weighted by molar-refractivity contribution is -0.225. The fraction of sp³-hybridized carbons (Fsp3) is 0.808. The van der Waals surface area contributed by atoms with Gasteiger partial charge in [-0.15, -0.1) is 0 Å². The Bertz CT molecular complexity index is 888. The van der Waals surface area contributed by atoms with E-state index in [-0.39, 0.29) is 40.3 Å². The Morgan fingerprint density at radius 2 is 1.65 bits per heavy atom. The number of carbonyl (C=O) groups is 3. The van der Waals surface area contributed by atoms with Crippen LogP contribution in [0.15, 0.2) is 12.2 Å². The van der Waals surface area contributed by atoms with Crippen LogP contribution in [0.1, 0.15) is 73.6 Å². The van der Waals surface area contributed by atoms with Crippen LogP contribution >= 0.6 is 0 Å². The number of esters is 1. The van der Waals surface area contributed by atoms with Crippen molar-refractivity contribution in [3.05, 3.63) is 12.2 Å². The molecule has 0 aliphatic heterocycles. The Labute approximate surface area is 186 Å². The third-order valence-electron chi connectivity index (χ3n) is 10.8. The van der Waals surface area contributed by atoms with E-state index in [2.05, 4.69) is 34.3 Å². The van der Waals surface area contributed by atoms with E-state index in [1.807, 2.05) is 6.92 Å². The van der Waals surface area contributed by atoms with E-state index >= 15 is 0 Å². The second kappa shape index (κ2) is 6.30. The lowest BCUT2D eigenvalue weighted by atomic mass is 9.30. The normalized spacial score (nSPS) is 51.0. The first-order chi connectivity index (χ1) is 14.2. The summed E-state index contributed by atoms with van der Waals surface area (Å²) in [6.07, 6.45) is 3.23. The summed E-state index contributed by atoms with van der Waals surface area (Å²) in [6, 6.07) is 0. The smallest absolute Gasteiger partial charge is 0.324 e. The molecule has 0 aromatic rings. The molecule has 0 aromatic heterocycles. The molecular formula is C26H38O5. The maximum atomic E-state index is 13.9. The zero-order valence-corrected chi connectivity index (χ0v) is 20.1. The van der Waals surface area contributed by atoms with E-state index < -0.39 is 28.1 Å². The Hall–Kier alpha value is -1.49. The number of Topliss-reactive ketones (excluding diaryl/α,β-unsaturated/α-hetero) is 2. The average molecular weight is 431 g/mol. The molecule has 0 heterocycles. The second-order valence-electron chi connectivity index (χ2n) is 12.1. The number of aliphatic hydroxyl groups is 1. The van der Waals surface area contributed by atoms with Crippen LogP contribution in [0.4, 0.5) is 0 Å². The lowest BCUT2D eigenvalue weighted by Gasteiger charge is -2.71. The second-order valence-corrected chi connectivity index (χ2v) is 12.1. The summed E-state index contributed by atoms with van der Waals surface area (Å²) < 4.78 is 5.30. The van der Waals surface area contributed by atoms with Crippen LogP contribution in [0.25, 0.3) is 0 Å². The third kappa shape index (κ3) is 2.24. The number of aliphatic hydroxyl groups excluding tert-OH is 1. The molecule has 1 N–H and O–H groups in total. The first-order valence-electron chi connectivity index (χ1n) is 11.7. The van der Waals surface area contributed by atoms with Crippen molar-refractivity contribution in [2.24, 2.45) is 44.8 Å². The predicted octanol–water partition coefficient (Wildman–Crippen LogP) is 4.12. The molecule has 4 aliphatic rings. The van der Waals surface area contributed by atoms with Gasteiger partial charge in [-0.05, 0) is 79.6 Å². The summed E-state index contributed by atoms with van der Waals surface area (Å²) in [5.74, 6) is -1.64. The Kier molecular flexibility index (Phi) is 4.61. The Balaban J connectivity index is 2.00. The summed E-state index contributed by atoms with van der Waals surface area (Å²) in [4.78, 5) is 40.9. The molecule has 0 aromatic carbocycles. The molecule has 8 atom stereocenters. The van der Waals surface area contributed by atoms with Gasteiger partial charge < -0.3 is 9.84 Å². The molecule has 5 heteroatoms. The van der Waals surface area contributed by atoms with Gasteiger partial charge in [-0.25, -0.2) is 0 Å². The van der Waals surface area contributed by atoms with Crippen LogP contribution in [-0.4, -0.2) is 35.9 Å². The van der Waals surface area contributed by atoms with Gasteiger partial charge in [0.15, 0.2) is 17.0 Å². The first kappa shape index (κ1) is 22.7. The van der Waals surface area contributed by atoms with Crippen molar-refractivity contribution in [1.29, 1.82) is 0 Å². The largest absolute Gasteiger partial charge is 0.468 e. The minimum absolute atomic E-state index is 0.0273. The van der Waals surface area contributed by atoms with E-state index in [1.165, 1.54) is 7.11 Å². The zero-order chi connectivity index (χ0) is 23.4. The molecule has 0 saturated heterocycles. The third-order valence-corrected chi connectivity index (χ3v) is 10.8. The molecule has 0 amide bonds.